The molecule has 3 rings (SSSR count). The molecule has 2 aromatic rings. The van der Waals surface area contributed by atoms with E-state index in [0.717, 1.165) is 47.5 Å². The van der Waals surface area contributed by atoms with Crippen molar-refractivity contribution >= 4 is 18.2 Å². The van der Waals surface area contributed by atoms with Crippen molar-refractivity contribution in [3.05, 3.63) is 41.3 Å². The van der Waals surface area contributed by atoms with Crippen LogP contribution in [0.2, 0.25) is 0 Å². The van der Waals surface area contributed by atoms with Crippen LogP contribution in [0.25, 0.3) is 11.3 Å². The molecule has 0 atom stereocenters. The van der Waals surface area contributed by atoms with Crippen LogP contribution < -0.4 is 39.2 Å². The Kier molecular flexibility index (Phi) is 11.6. The lowest BCUT2D eigenvalue weighted by Gasteiger charge is -2.15. The molecule has 11 heteroatoms. The fourth-order valence-corrected chi connectivity index (χ4v) is 4.25. The average Bonchev–Trinajstić information content (AvgIpc) is 3.39. The molecule has 1 aliphatic rings. The summed E-state index contributed by atoms with van der Waals surface area (Å²) >= 11 is 0. The van der Waals surface area contributed by atoms with Crippen LogP contribution in [0.15, 0.2) is 24.5 Å². The molecule has 0 fully saturated rings. The summed E-state index contributed by atoms with van der Waals surface area (Å²) < 4.78 is 20.6. The fraction of sp³-hybridized carbons (Fsp3) is 0.571. The van der Waals surface area contributed by atoms with Crippen molar-refractivity contribution in [1.29, 1.82) is 0 Å². The highest BCUT2D eigenvalue weighted by Gasteiger charge is 2.29. The topological polar surface area (TPSA) is 112 Å². The minimum Gasteiger partial charge on any atom is -1.00 e. The van der Waals surface area contributed by atoms with Gasteiger partial charge in [-0.2, -0.15) is 4.57 Å². The molecule has 0 saturated heterocycles. The van der Waals surface area contributed by atoms with E-state index < -0.39 is 17.6 Å². The number of hydrogen-bond acceptors (Lipinski definition) is 6. The van der Waals surface area contributed by atoms with Crippen LogP contribution in [-0.2, 0) is 51.9 Å². The lowest BCUT2D eigenvalue weighted by molar-refractivity contribution is -0.727. The molecule has 3 heterocycles. The van der Waals surface area contributed by atoms with E-state index in [0.29, 0.717) is 0 Å². The van der Waals surface area contributed by atoms with Crippen LogP contribution in [0.5, 0.6) is 0 Å². The Bertz CT molecular complexity index is 1150. The predicted molar refractivity (Wildman–Crippen MR) is 141 cm³/mol. The molecule has 1 aliphatic heterocycles. The number of fused-ring (bicyclic) bond motifs is 1. The molecule has 216 valence electrons. The molecule has 0 spiro atoms. The number of ether oxygens (including phenoxy) is 3. The first kappa shape index (κ1) is 32.4. The molecule has 2 N–H and O–H groups in total. The van der Waals surface area contributed by atoms with Crippen molar-refractivity contribution in [2.24, 2.45) is 5.41 Å². The quantitative estimate of drug-likeness (QED) is 0.182. The number of amides is 2. The van der Waals surface area contributed by atoms with E-state index in [1.807, 2.05) is 73.0 Å². The van der Waals surface area contributed by atoms with Crippen molar-refractivity contribution in [2.75, 3.05) is 0 Å². The first-order valence-corrected chi connectivity index (χ1v) is 13.1. The maximum atomic E-state index is 12.3. The second-order valence-corrected chi connectivity index (χ2v) is 11.2. The minimum absolute atomic E-state index is 0. The molecule has 0 aromatic carbocycles. The van der Waals surface area contributed by atoms with Gasteiger partial charge >= 0.3 is 18.2 Å². The van der Waals surface area contributed by atoms with E-state index in [1.54, 1.807) is 4.57 Å². The number of hydrogen-bond donors (Lipinski definition) is 2. The summed E-state index contributed by atoms with van der Waals surface area (Å²) in [6.07, 6.45) is 4.51. The number of aromatic nitrogens is 2. The first-order valence-electron chi connectivity index (χ1n) is 13.1. The maximum absolute atomic E-state index is 12.3. The van der Waals surface area contributed by atoms with E-state index in [1.165, 1.54) is 0 Å². The third-order valence-electron chi connectivity index (χ3n) is 6.02. The molecular formula is C28H41IN4O6. The minimum atomic E-state index is -0.575. The third kappa shape index (κ3) is 8.84. The van der Waals surface area contributed by atoms with Gasteiger partial charge in [-0.25, -0.2) is 9.59 Å². The van der Waals surface area contributed by atoms with Crippen molar-refractivity contribution in [3.63, 3.8) is 0 Å². The number of esters is 1. The molecular weight excluding hydrogens is 615 g/mol. The molecule has 2 aromatic heterocycles. The average molecular weight is 657 g/mol. The van der Waals surface area contributed by atoms with Gasteiger partial charge in [0.2, 0.25) is 0 Å². The van der Waals surface area contributed by atoms with Crippen molar-refractivity contribution in [2.45, 2.75) is 99.9 Å². The van der Waals surface area contributed by atoms with Gasteiger partial charge in [0, 0.05) is 53.1 Å². The van der Waals surface area contributed by atoms with E-state index in [2.05, 4.69) is 15.2 Å². The summed E-state index contributed by atoms with van der Waals surface area (Å²) in [5.41, 5.74) is 4.03. The molecule has 2 amide bonds. The molecule has 0 bridgehead atoms. The van der Waals surface area contributed by atoms with Crippen LogP contribution >= 0.6 is 0 Å². The van der Waals surface area contributed by atoms with Crippen LogP contribution in [0.3, 0.4) is 0 Å². The van der Waals surface area contributed by atoms with Gasteiger partial charge in [0.05, 0.1) is 11.1 Å². The lowest BCUT2D eigenvalue weighted by atomic mass is 9.98. The largest absolute Gasteiger partial charge is 1.00 e. The van der Waals surface area contributed by atoms with E-state index in [-0.39, 0.29) is 62.0 Å². The number of alkyl carbamates (subject to hydrolysis) is 2. The van der Waals surface area contributed by atoms with Crippen LogP contribution in [0, 0.1) is 5.41 Å². The molecule has 0 aliphatic carbocycles. The molecule has 0 radical (unpaired) electrons. The number of rotatable bonds is 9. The van der Waals surface area contributed by atoms with Gasteiger partial charge in [0.25, 0.3) is 6.73 Å². The summed E-state index contributed by atoms with van der Waals surface area (Å²) in [5.74, 6) is -0.274. The second kappa shape index (κ2) is 14.0. The zero-order chi connectivity index (χ0) is 28.0. The van der Waals surface area contributed by atoms with Gasteiger partial charge in [-0.1, -0.05) is 0 Å². The molecule has 0 unspecified atom stereocenters. The Balaban J connectivity index is 0.00000533. The number of nitrogens with zero attached hydrogens (tertiary/aromatic N) is 2. The SMILES string of the molecule is CC(C)NC(=O)OCc1c(COC(=O)NC(C)C)c(-c2cc[n+](COC(=O)C(C)(C)C)cc2)n2c1CCC2.[I-]. The second-order valence-electron chi connectivity index (χ2n) is 11.2. The van der Waals surface area contributed by atoms with Gasteiger partial charge in [0.15, 0.2) is 12.4 Å². The van der Waals surface area contributed by atoms with Crippen LogP contribution in [0.4, 0.5) is 9.59 Å². The van der Waals surface area contributed by atoms with Crippen molar-refractivity contribution in [1.82, 2.24) is 15.2 Å². The van der Waals surface area contributed by atoms with Gasteiger partial charge in [-0.05, 0) is 61.3 Å². The predicted octanol–water partition coefficient (Wildman–Crippen LogP) is 1.21. The number of pyridine rings is 1. The van der Waals surface area contributed by atoms with Crippen LogP contribution in [0.1, 0.15) is 71.7 Å². The zero-order valence-corrected chi connectivity index (χ0v) is 26.1. The van der Waals surface area contributed by atoms with Gasteiger partial charge in [0.1, 0.15) is 13.2 Å². The third-order valence-corrected chi connectivity index (χ3v) is 6.02. The Labute approximate surface area is 247 Å². The Morgan fingerprint density at radius 1 is 0.923 bits per heavy atom. The van der Waals surface area contributed by atoms with E-state index >= 15 is 0 Å². The maximum Gasteiger partial charge on any atom is 0.407 e. The number of carbonyl (C=O) groups is 3. The Hall–Kier alpha value is -2.83. The lowest BCUT2D eigenvalue weighted by Crippen LogP contribution is -3.00. The monoisotopic (exact) mass is 656 g/mol. The smallest absolute Gasteiger partial charge is 0.407 e. The number of nitrogens with one attached hydrogen (secondary N) is 2. The number of halogens is 1. The Morgan fingerprint density at radius 3 is 1.97 bits per heavy atom. The molecule has 39 heavy (non-hydrogen) atoms. The summed E-state index contributed by atoms with van der Waals surface area (Å²) in [6, 6.07) is 3.79. The highest BCUT2D eigenvalue weighted by molar-refractivity contribution is 5.75. The highest BCUT2D eigenvalue weighted by Crippen LogP contribution is 2.37. The van der Waals surface area contributed by atoms with E-state index in [4.69, 9.17) is 14.2 Å². The summed E-state index contributed by atoms with van der Waals surface area (Å²) in [6.45, 7) is 13.9. The summed E-state index contributed by atoms with van der Waals surface area (Å²) in [7, 11) is 0. The fourth-order valence-electron chi connectivity index (χ4n) is 4.25. The van der Waals surface area contributed by atoms with Gasteiger partial charge < -0.3 is 53.4 Å². The molecule has 0 saturated carbocycles. The van der Waals surface area contributed by atoms with E-state index in [9.17, 15) is 14.4 Å². The first-order chi connectivity index (χ1) is 17.9. The van der Waals surface area contributed by atoms with Gasteiger partial charge in [-0.3, -0.25) is 4.79 Å². The van der Waals surface area contributed by atoms with Crippen molar-refractivity contribution < 1.29 is 57.1 Å². The summed E-state index contributed by atoms with van der Waals surface area (Å²) in [5, 5.41) is 5.49. The standard InChI is InChI=1S/C28H40N4O6.HI/c1-18(2)29-26(34)36-15-21-22(16-37-27(35)30-19(3)4)24(32-12-8-9-23(21)32)20-10-13-31(14-11-20)17-38-25(33)28(5,6)7;/h10-11,13-14,18-19H,8-9,12,15-17H2,1-7H3,(H-,29,30,34,35);1H. The van der Waals surface area contributed by atoms with Gasteiger partial charge in [-0.15, -0.1) is 0 Å². The highest BCUT2D eigenvalue weighted by atomic mass is 127. The normalized spacial score (nSPS) is 12.5. The Morgan fingerprint density at radius 2 is 1.46 bits per heavy atom. The zero-order valence-electron chi connectivity index (χ0n) is 23.9. The summed E-state index contributed by atoms with van der Waals surface area (Å²) in [4.78, 5) is 36.7. The number of carbonyl (C=O) groups excluding carboxylic acids is 3. The van der Waals surface area contributed by atoms with Crippen molar-refractivity contribution in [3.8, 4) is 11.3 Å². The molecule has 10 nitrogen and oxygen atoms in total. The van der Waals surface area contributed by atoms with Crippen LogP contribution in [-0.4, -0.2) is 34.8 Å².